The van der Waals surface area contributed by atoms with Crippen molar-refractivity contribution >= 4 is 0 Å². The highest BCUT2D eigenvalue weighted by Gasteiger charge is 2.43. The Morgan fingerprint density at radius 3 is 2.77 bits per heavy atom. The van der Waals surface area contributed by atoms with E-state index in [1.165, 1.54) is 38.6 Å². The monoisotopic (exact) mass is 363 g/mol. The van der Waals surface area contributed by atoms with Crippen LogP contribution in [0.5, 0.6) is 0 Å². The average molecular weight is 364 g/mol. The Kier molecular flexibility index (Phi) is 9.38. The van der Waals surface area contributed by atoms with Crippen molar-refractivity contribution in [1.82, 2.24) is 4.90 Å². The lowest BCUT2D eigenvalue weighted by atomic mass is 9.88. The van der Waals surface area contributed by atoms with Crippen molar-refractivity contribution in [2.75, 3.05) is 20.6 Å². The predicted octanol–water partition coefficient (Wildman–Crippen LogP) is 4.55. The number of aliphatic hydroxyl groups excluding tert-OH is 2. The Hall–Kier alpha value is -0.640. The van der Waals surface area contributed by atoms with E-state index in [9.17, 15) is 10.2 Å². The van der Waals surface area contributed by atoms with E-state index in [4.69, 9.17) is 0 Å². The minimum absolute atomic E-state index is 0.202. The van der Waals surface area contributed by atoms with Crippen molar-refractivity contribution in [2.24, 2.45) is 17.8 Å². The zero-order chi connectivity index (χ0) is 18.9. The number of nitrogens with zero attached hydrogens (tertiary/aromatic N) is 1. The van der Waals surface area contributed by atoms with E-state index in [1.807, 2.05) is 0 Å². The van der Waals surface area contributed by atoms with Gasteiger partial charge in [-0.1, -0.05) is 50.0 Å². The van der Waals surface area contributed by atoms with E-state index < -0.39 is 0 Å². The molecule has 2 aliphatic rings. The second-order valence-corrected chi connectivity index (χ2v) is 8.81. The summed E-state index contributed by atoms with van der Waals surface area (Å²) in [6, 6.07) is 0. The smallest absolute Gasteiger partial charge is 0.0611 e. The van der Waals surface area contributed by atoms with Gasteiger partial charge in [-0.25, -0.2) is 0 Å². The summed E-state index contributed by atoms with van der Waals surface area (Å²) in [5.41, 5.74) is 1.62. The van der Waals surface area contributed by atoms with E-state index in [1.54, 1.807) is 5.57 Å². The second kappa shape index (κ2) is 11.3. The van der Waals surface area contributed by atoms with Crippen molar-refractivity contribution in [3.05, 3.63) is 23.8 Å². The number of aliphatic hydroxyl groups is 2. The molecule has 1 fully saturated rings. The fourth-order valence-corrected chi connectivity index (χ4v) is 4.70. The van der Waals surface area contributed by atoms with Crippen LogP contribution < -0.4 is 0 Å². The van der Waals surface area contributed by atoms with Gasteiger partial charge in [0.1, 0.15) is 0 Å². The number of hydrogen-bond donors (Lipinski definition) is 2. The Morgan fingerprint density at radius 1 is 1.23 bits per heavy atom. The first-order valence-electron chi connectivity index (χ1n) is 10.9. The van der Waals surface area contributed by atoms with Crippen LogP contribution in [0.3, 0.4) is 0 Å². The normalized spacial score (nSPS) is 29.5. The van der Waals surface area contributed by atoms with Crippen LogP contribution in [0.15, 0.2) is 23.8 Å². The molecule has 0 amide bonds. The minimum Gasteiger partial charge on any atom is -0.393 e. The highest BCUT2D eigenvalue weighted by molar-refractivity contribution is 5.20. The SMILES string of the molecule is CCCC[C@H](O)C/C=C/[C@@H]1[C@H]2CC(CCCCCN(C)C)=C[C@H]2C[C@H]1O. The largest absolute Gasteiger partial charge is 0.393 e. The molecule has 0 saturated heterocycles. The van der Waals surface area contributed by atoms with E-state index >= 15 is 0 Å². The fourth-order valence-electron chi connectivity index (χ4n) is 4.70. The van der Waals surface area contributed by atoms with Gasteiger partial charge in [-0.2, -0.15) is 0 Å². The topological polar surface area (TPSA) is 43.7 Å². The summed E-state index contributed by atoms with van der Waals surface area (Å²) in [6.07, 6.45) is 17.4. The molecule has 0 radical (unpaired) electrons. The van der Waals surface area contributed by atoms with Gasteiger partial charge in [-0.05, 0) is 77.4 Å². The standard InChI is InChI=1S/C23H41NO2/c1-4-5-11-20(25)12-9-13-21-22-16-18(15-19(22)17-23(21)26)10-7-6-8-14-24(2)3/h9,13,15,19-23,25-26H,4-8,10-12,14,16-17H2,1-3H3/b13-9+/t19-,20-,21+,22-,23+/m0/s1. The lowest BCUT2D eigenvalue weighted by Gasteiger charge is -2.18. The molecular weight excluding hydrogens is 322 g/mol. The fraction of sp³-hybridized carbons (Fsp3) is 0.826. The molecular formula is C23H41NO2. The summed E-state index contributed by atoms with van der Waals surface area (Å²) in [6.45, 7) is 3.35. The third-order valence-electron chi connectivity index (χ3n) is 6.21. The van der Waals surface area contributed by atoms with Crippen LogP contribution in [0.4, 0.5) is 0 Å². The molecule has 3 heteroatoms. The summed E-state index contributed by atoms with van der Waals surface area (Å²) >= 11 is 0. The van der Waals surface area contributed by atoms with Crippen LogP contribution >= 0.6 is 0 Å². The maximum absolute atomic E-state index is 10.4. The summed E-state index contributed by atoms with van der Waals surface area (Å²) in [4.78, 5) is 2.26. The highest BCUT2D eigenvalue weighted by atomic mass is 16.3. The lowest BCUT2D eigenvalue weighted by Crippen LogP contribution is -2.17. The van der Waals surface area contributed by atoms with Crippen molar-refractivity contribution in [2.45, 2.75) is 83.3 Å². The molecule has 2 aliphatic carbocycles. The quantitative estimate of drug-likeness (QED) is 0.395. The van der Waals surface area contributed by atoms with Crippen LogP contribution in [-0.4, -0.2) is 48.0 Å². The van der Waals surface area contributed by atoms with Crippen molar-refractivity contribution in [1.29, 1.82) is 0 Å². The second-order valence-electron chi connectivity index (χ2n) is 8.81. The molecule has 0 unspecified atom stereocenters. The molecule has 150 valence electrons. The Labute approximate surface area is 161 Å². The van der Waals surface area contributed by atoms with Crippen molar-refractivity contribution < 1.29 is 10.2 Å². The zero-order valence-electron chi connectivity index (χ0n) is 17.2. The van der Waals surface area contributed by atoms with Gasteiger partial charge in [0.05, 0.1) is 12.2 Å². The first kappa shape index (κ1) is 21.7. The summed E-state index contributed by atoms with van der Waals surface area (Å²) in [5, 5.41) is 20.4. The molecule has 0 aliphatic heterocycles. The molecule has 1 saturated carbocycles. The Bertz CT molecular complexity index is 457. The third-order valence-corrected chi connectivity index (χ3v) is 6.21. The Morgan fingerprint density at radius 2 is 2.04 bits per heavy atom. The first-order valence-corrected chi connectivity index (χ1v) is 10.9. The lowest BCUT2D eigenvalue weighted by molar-refractivity contribution is 0.139. The molecule has 0 aromatic heterocycles. The number of hydrogen-bond acceptors (Lipinski definition) is 3. The van der Waals surface area contributed by atoms with Crippen molar-refractivity contribution in [3.8, 4) is 0 Å². The van der Waals surface area contributed by atoms with E-state index in [0.717, 1.165) is 32.1 Å². The first-order chi connectivity index (χ1) is 12.5. The van der Waals surface area contributed by atoms with E-state index in [0.29, 0.717) is 11.8 Å². The molecule has 2 rings (SSSR count). The average Bonchev–Trinajstić information content (AvgIpc) is 3.10. The molecule has 0 aromatic carbocycles. The summed E-state index contributed by atoms with van der Waals surface area (Å²) in [5.74, 6) is 1.44. The summed E-state index contributed by atoms with van der Waals surface area (Å²) < 4.78 is 0. The third kappa shape index (κ3) is 6.83. The summed E-state index contributed by atoms with van der Waals surface area (Å²) in [7, 11) is 4.28. The maximum Gasteiger partial charge on any atom is 0.0611 e. The molecule has 5 atom stereocenters. The molecule has 2 N–H and O–H groups in total. The van der Waals surface area contributed by atoms with Gasteiger partial charge in [-0.3, -0.25) is 0 Å². The molecule has 3 nitrogen and oxygen atoms in total. The van der Waals surface area contributed by atoms with Crippen LogP contribution in [0, 0.1) is 17.8 Å². The zero-order valence-corrected chi connectivity index (χ0v) is 17.2. The van der Waals surface area contributed by atoms with Gasteiger partial charge in [0, 0.05) is 5.92 Å². The van der Waals surface area contributed by atoms with E-state index in [-0.39, 0.29) is 18.1 Å². The van der Waals surface area contributed by atoms with Gasteiger partial charge in [0.25, 0.3) is 0 Å². The number of rotatable bonds is 12. The van der Waals surface area contributed by atoms with E-state index in [2.05, 4.69) is 44.1 Å². The van der Waals surface area contributed by atoms with Gasteiger partial charge in [-0.15, -0.1) is 0 Å². The Balaban J connectivity index is 1.72. The van der Waals surface area contributed by atoms with Gasteiger partial charge in [0.15, 0.2) is 0 Å². The molecule has 0 bridgehead atoms. The van der Waals surface area contributed by atoms with Gasteiger partial charge < -0.3 is 15.1 Å². The molecule has 0 aromatic rings. The van der Waals surface area contributed by atoms with Crippen LogP contribution in [0.2, 0.25) is 0 Å². The van der Waals surface area contributed by atoms with Crippen molar-refractivity contribution in [3.63, 3.8) is 0 Å². The molecule has 0 spiro atoms. The van der Waals surface area contributed by atoms with Gasteiger partial charge in [0.2, 0.25) is 0 Å². The molecule has 0 heterocycles. The van der Waals surface area contributed by atoms with Crippen LogP contribution in [0.1, 0.15) is 71.1 Å². The van der Waals surface area contributed by atoms with Crippen LogP contribution in [0.25, 0.3) is 0 Å². The maximum atomic E-state index is 10.4. The predicted molar refractivity (Wildman–Crippen MR) is 110 cm³/mol. The number of fused-ring (bicyclic) bond motifs is 1. The molecule has 26 heavy (non-hydrogen) atoms. The highest BCUT2D eigenvalue weighted by Crippen LogP contribution is 2.48. The van der Waals surface area contributed by atoms with Gasteiger partial charge >= 0.3 is 0 Å². The number of allylic oxidation sites excluding steroid dienone is 2. The van der Waals surface area contributed by atoms with Crippen LogP contribution in [-0.2, 0) is 0 Å². The number of unbranched alkanes of at least 4 members (excludes halogenated alkanes) is 3. The minimum atomic E-state index is -0.222.